The molecular weight excluding hydrogens is 397 g/mol. The first-order valence-electron chi connectivity index (χ1n) is 9.50. The average Bonchev–Trinajstić information content (AvgIpc) is 3.43. The maximum atomic E-state index is 15.2. The van der Waals surface area contributed by atoms with E-state index in [1.165, 1.54) is 6.20 Å². The summed E-state index contributed by atoms with van der Waals surface area (Å²) < 4.78 is 16.9. The first kappa shape index (κ1) is 18.4. The van der Waals surface area contributed by atoms with Crippen LogP contribution in [0.5, 0.6) is 0 Å². The second kappa shape index (κ2) is 6.18. The van der Waals surface area contributed by atoms with E-state index in [1.807, 2.05) is 29.2 Å². The predicted molar refractivity (Wildman–Crippen MR) is 109 cm³/mol. The lowest BCUT2D eigenvalue weighted by Gasteiger charge is -2.27. The van der Waals surface area contributed by atoms with Crippen molar-refractivity contribution in [3.8, 4) is 0 Å². The summed E-state index contributed by atoms with van der Waals surface area (Å²) in [7, 11) is 0. The second-order valence-corrected chi connectivity index (χ2v) is 8.45. The van der Waals surface area contributed by atoms with E-state index in [0.717, 1.165) is 18.9 Å². The number of allylic oxidation sites excluding steroid dienone is 2. The molecular formula is C21H19ClFN3O3. The third kappa shape index (κ3) is 2.72. The minimum Gasteiger partial charge on any atom is -0.477 e. The standard InChI is InChI=1S/C21H19ClFN3O3/c22-16-17-13(19(27)14(20(28)29)9-26(17)12-4-5-12)7-15(23)18(16)25-8-11-3-1-2-6-21(11,24)10-25/h1-3,6-7,9,11-12H,4-5,8,10,24H2,(H,28,29). The SMILES string of the molecule is NC12C=CC=CC1CN(c1c(F)cc3c(=O)c(C(=O)O)cn(C4CC4)c3c1Cl)C2. The first-order valence-corrected chi connectivity index (χ1v) is 9.88. The molecule has 29 heavy (non-hydrogen) atoms. The Bertz CT molecular complexity index is 1180. The van der Waals surface area contributed by atoms with Gasteiger partial charge in [-0.15, -0.1) is 0 Å². The summed E-state index contributed by atoms with van der Waals surface area (Å²) in [5.41, 5.74) is 5.38. The van der Waals surface area contributed by atoms with Crippen LogP contribution in [-0.2, 0) is 0 Å². The summed E-state index contributed by atoms with van der Waals surface area (Å²) in [4.78, 5) is 26.0. The zero-order valence-corrected chi connectivity index (χ0v) is 16.2. The number of anilines is 1. The predicted octanol–water partition coefficient (Wildman–Crippen LogP) is 3.09. The molecule has 2 heterocycles. The Balaban J connectivity index is 1.73. The lowest BCUT2D eigenvalue weighted by Crippen LogP contribution is -2.46. The highest BCUT2D eigenvalue weighted by Crippen LogP contribution is 2.44. The van der Waals surface area contributed by atoms with Gasteiger partial charge in [-0.1, -0.05) is 35.9 Å². The van der Waals surface area contributed by atoms with Crippen LogP contribution in [-0.4, -0.2) is 34.3 Å². The number of pyridine rings is 1. The molecule has 8 heteroatoms. The third-order valence-electron chi connectivity index (χ3n) is 6.10. The number of aromatic nitrogens is 1. The number of carbonyl (C=O) groups is 1. The molecule has 6 nitrogen and oxygen atoms in total. The van der Waals surface area contributed by atoms with Crippen LogP contribution in [0.1, 0.15) is 29.2 Å². The van der Waals surface area contributed by atoms with Gasteiger partial charge in [0.1, 0.15) is 11.4 Å². The minimum atomic E-state index is -1.33. The number of hydrogen-bond donors (Lipinski definition) is 2. The molecule has 3 N–H and O–H groups in total. The van der Waals surface area contributed by atoms with Crippen molar-refractivity contribution < 1.29 is 14.3 Å². The molecule has 5 rings (SSSR count). The molecule has 1 aliphatic heterocycles. The number of aromatic carboxylic acids is 1. The van der Waals surface area contributed by atoms with Gasteiger partial charge in [-0.05, 0) is 18.9 Å². The summed E-state index contributed by atoms with van der Waals surface area (Å²) in [5, 5.41) is 9.50. The van der Waals surface area contributed by atoms with Gasteiger partial charge in [0.2, 0.25) is 5.43 Å². The Morgan fingerprint density at radius 3 is 2.76 bits per heavy atom. The number of rotatable bonds is 3. The van der Waals surface area contributed by atoms with Gasteiger partial charge in [0.25, 0.3) is 0 Å². The summed E-state index contributed by atoms with van der Waals surface area (Å²) in [6.45, 7) is 0.891. The van der Waals surface area contributed by atoms with Gasteiger partial charge in [0.05, 0.1) is 27.2 Å². The van der Waals surface area contributed by atoms with E-state index >= 15 is 4.39 Å². The Hall–Kier alpha value is -2.64. The van der Waals surface area contributed by atoms with Crippen molar-refractivity contribution in [1.82, 2.24) is 4.57 Å². The minimum absolute atomic E-state index is 0.0121. The smallest absolute Gasteiger partial charge is 0.341 e. The molecule has 150 valence electrons. The third-order valence-corrected chi connectivity index (χ3v) is 6.46. The fraction of sp³-hybridized carbons (Fsp3) is 0.333. The number of nitrogens with zero attached hydrogens (tertiary/aromatic N) is 2. The van der Waals surface area contributed by atoms with E-state index < -0.39 is 22.8 Å². The normalized spacial score (nSPS) is 25.6. The van der Waals surface area contributed by atoms with Crippen molar-refractivity contribution in [3.63, 3.8) is 0 Å². The summed E-state index contributed by atoms with van der Waals surface area (Å²) in [5.74, 6) is -1.96. The number of hydrogen-bond acceptors (Lipinski definition) is 4. The van der Waals surface area contributed by atoms with Crippen LogP contribution in [0.15, 0.2) is 41.4 Å². The van der Waals surface area contributed by atoms with E-state index in [9.17, 15) is 14.7 Å². The van der Waals surface area contributed by atoms with Gasteiger partial charge in [-0.3, -0.25) is 4.79 Å². The van der Waals surface area contributed by atoms with Crippen LogP contribution in [0.4, 0.5) is 10.1 Å². The number of nitrogens with two attached hydrogens (primary N) is 1. The molecule has 2 unspecified atom stereocenters. The average molecular weight is 416 g/mol. The van der Waals surface area contributed by atoms with Crippen molar-refractivity contribution in [2.75, 3.05) is 18.0 Å². The van der Waals surface area contributed by atoms with E-state index in [1.54, 1.807) is 4.57 Å². The van der Waals surface area contributed by atoms with Crippen molar-refractivity contribution in [2.24, 2.45) is 11.7 Å². The van der Waals surface area contributed by atoms with Crippen molar-refractivity contribution >= 4 is 34.2 Å². The highest BCUT2D eigenvalue weighted by Gasteiger charge is 2.43. The topological polar surface area (TPSA) is 88.6 Å². The van der Waals surface area contributed by atoms with Gasteiger partial charge < -0.3 is 20.3 Å². The van der Waals surface area contributed by atoms with Gasteiger partial charge in [0.15, 0.2) is 0 Å². The van der Waals surface area contributed by atoms with E-state index in [-0.39, 0.29) is 33.6 Å². The molecule has 2 aromatic rings. The largest absolute Gasteiger partial charge is 0.477 e. The van der Waals surface area contributed by atoms with Gasteiger partial charge in [0, 0.05) is 31.2 Å². The van der Waals surface area contributed by atoms with Crippen LogP contribution in [0, 0.1) is 11.7 Å². The number of carboxylic acid groups (broad SMARTS) is 1. The second-order valence-electron chi connectivity index (χ2n) is 8.08. The number of fused-ring (bicyclic) bond motifs is 2. The van der Waals surface area contributed by atoms with Crippen LogP contribution in [0.2, 0.25) is 5.02 Å². The molecule has 2 fully saturated rings. The molecule has 0 spiro atoms. The zero-order valence-electron chi connectivity index (χ0n) is 15.4. The molecule has 1 aromatic carbocycles. The Labute approximate surface area is 170 Å². The van der Waals surface area contributed by atoms with Crippen molar-refractivity contribution in [3.05, 3.63) is 63.2 Å². The van der Waals surface area contributed by atoms with Crippen molar-refractivity contribution in [2.45, 2.75) is 24.4 Å². The zero-order chi connectivity index (χ0) is 20.5. The molecule has 0 bridgehead atoms. The fourth-order valence-corrected chi connectivity index (χ4v) is 4.86. The maximum Gasteiger partial charge on any atom is 0.341 e. The van der Waals surface area contributed by atoms with Gasteiger partial charge in [-0.2, -0.15) is 0 Å². The summed E-state index contributed by atoms with van der Waals surface area (Å²) in [6, 6.07) is 1.17. The molecule has 0 radical (unpaired) electrons. The van der Waals surface area contributed by atoms with Crippen LogP contribution >= 0.6 is 11.6 Å². The quantitative estimate of drug-likeness (QED) is 0.804. The van der Waals surface area contributed by atoms with Crippen LogP contribution < -0.4 is 16.1 Å². The van der Waals surface area contributed by atoms with Crippen molar-refractivity contribution in [1.29, 1.82) is 0 Å². The molecule has 1 saturated heterocycles. The fourth-order valence-electron chi connectivity index (χ4n) is 4.45. The Kier molecular flexibility index (Phi) is 3.92. The van der Waals surface area contributed by atoms with Gasteiger partial charge in [-0.25, -0.2) is 9.18 Å². The van der Waals surface area contributed by atoms with Gasteiger partial charge >= 0.3 is 5.97 Å². The van der Waals surface area contributed by atoms with Crippen LogP contribution in [0.25, 0.3) is 10.9 Å². The Morgan fingerprint density at radius 2 is 2.10 bits per heavy atom. The van der Waals surface area contributed by atoms with E-state index in [4.69, 9.17) is 17.3 Å². The number of halogens is 2. The van der Waals surface area contributed by atoms with E-state index in [2.05, 4.69) is 0 Å². The molecule has 0 amide bonds. The Morgan fingerprint density at radius 1 is 1.34 bits per heavy atom. The molecule has 1 saturated carbocycles. The monoisotopic (exact) mass is 415 g/mol. The van der Waals surface area contributed by atoms with E-state index in [0.29, 0.717) is 18.6 Å². The number of benzene rings is 1. The summed E-state index contributed by atoms with van der Waals surface area (Å²) >= 11 is 6.68. The lowest BCUT2D eigenvalue weighted by molar-refractivity contribution is 0.0695. The molecule has 2 aliphatic carbocycles. The maximum absolute atomic E-state index is 15.2. The molecule has 2 atom stereocenters. The molecule has 3 aliphatic rings. The van der Waals surface area contributed by atoms with Crippen LogP contribution in [0.3, 0.4) is 0 Å². The highest BCUT2D eigenvalue weighted by molar-refractivity contribution is 6.38. The number of carboxylic acids is 1. The lowest BCUT2D eigenvalue weighted by atomic mass is 9.85. The summed E-state index contributed by atoms with van der Waals surface area (Å²) in [6.07, 6.45) is 10.8. The first-order chi connectivity index (χ1) is 13.8. The highest BCUT2D eigenvalue weighted by atomic mass is 35.5. The molecule has 1 aromatic heterocycles.